The zero-order valence-corrected chi connectivity index (χ0v) is 20.2. The molecule has 3 heterocycles. The SMILES string of the molecule is C[C@@H]1CCN(C(=O)c2nn3c(C(F)(F)F)c4c(nc3c2Cl)-c2ccccc2CC4)[C@H]2CCCC[C@H]12. The Bertz CT molecular complexity index is 1330. The molecule has 2 fully saturated rings. The van der Waals surface area contributed by atoms with E-state index in [9.17, 15) is 18.0 Å². The Morgan fingerprint density at radius 3 is 2.69 bits per heavy atom. The van der Waals surface area contributed by atoms with Crippen molar-refractivity contribution >= 4 is 23.2 Å². The third-order valence-electron chi connectivity index (χ3n) is 8.19. The summed E-state index contributed by atoms with van der Waals surface area (Å²) in [4.78, 5) is 20.1. The summed E-state index contributed by atoms with van der Waals surface area (Å²) in [6.07, 6.45) is 1.03. The molecule has 3 aromatic rings. The molecule has 0 bridgehead atoms. The topological polar surface area (TPSA) is 50.5 Å². The highest BCUT2D eigenvalue weighted by atomic mass is 35.5. The molecule has 0 N–H and O–H groups in total. The van der Waals surface area contributed by atoms with Gasteiger partial charge in [0.15, 0.2) is 17.0 Å². The van der Waals surface area contributed by atoms with E-state index in [1.165, 1.54) is 0 Å². The van der Waals surface area contributed by atoms with Gasteiger partial charge in [-0.05, 0) is 49.5 Å². The van der Waals surface area contributed by atoms with Crippen LogP contribution >= 0.6 is 11.6 Å². The number of hydrogen-bond acceptors (Lipinski definition) is 3. The van der Waals surface area contributed by atoms with Crippen LogP contribution in [0.1, 0.15) is 66.3 Å². The van der Waals surface area contributed by atoms with Gasteiger partial charge in [-0.25, -0.2) is 9.50 Å². The first-order valence-corrected chi connectivity index (χ1v) is 12.7. The summed E-state index contributed by atoms with van der Waals surface area (Å²) in [7, 11) is 0. The van der Waals surface area contributed by atoms with Gasteiger partial charge in [-0.15, -0.1) is 0 Å². The number of carbonyl (C=O) groups excluding carboxylic acids is 1. The molecular formula is C26H26ClF3N4O. The number of piperidine rings is 1. The number of hydrogen-bond donors (Lipinski definition) is 0. The van der Waals surface area contributed by atoms with E-state index in [0.29, 0.717) is 30.4 Å². The van der Waals surface area contributed by atoms with Crippen LogP contribution in [0.15, 0.2) is 24.3 Å². The molecule has 2 aromatic heterocycles. The fraction of sp³-hybridized carbons (Fsp3) is 0.500. The molecule has 1 aliphatic heterocycles. The fourth-order valence-electron chi connectivity index (χ4n) is 6.47. The molecule has 35 heavy (non-hydrogen) atoms. The van der Waals surface area contributed by atoms with Crippen molar-refractivity contribution in [2.24, 2.45) is 11.8 Å². The quantitative estimate of drug-likeness (QED) is 0.397. The summed E-state index contributed by atoms with van der Waals surface area (Å²) in [5, 5.41) is 4.07. The maximum atomic E-state index is 14.4. The number of amides is 1. The lowest BCUT2D eigenvalue weighted by Gasteiger charge is -2.47. The largest absolute Gasteiger partial charge is 0.433 e. The van der Waals surface area contributed by atoms with Crippen molar-refractivity contribution in [3.63, 3.8) is 0 Å². The maximum Gasteiger partial charge on any atom is 0.433 e. The van der Waals surface area contributed by atoms with E-state index in [0.717, 1.165) is 42.2 Å². The molecule has 3 atom stereocenters. The summed E-state index contributed by atoms with van der Waals surface area (Å²) in [6, 6.07) is 7.43. The first-order chi connectivity index (χ1) is 16.8. The van der Waals surface area contributed by atoms with Crippen LogP contribution in [0.25, 0.3) is 16.9 Å². The van der Waals surface area contributed by atoms with Gasteiger partial charge in [-0.1, -0.05) is 55.6 Å². The Balaban J connectivity index is 1.51. The first-order valence-electron chi connectivity index (χ1n) is 12.3. The Kier molecular flexibility index (Phi) is 5.36. The lowest BCUT2D eigenvalue weighted by atomic mass is 9.72. The number of likely N-dealkylation sites (tertiary alicyclic amines) is 1. The number of benzene rings is 1. The first kappa shape index (κ1) is 22.8. The van der Waals surface area contributed by atoms with E-state index >= 15 is 0 Å². The van der Waals surface area contributed by atoms with E-state index < -0.39 is 17.8 Å². The van der Waals surface area contributed by atoms with Gasteiger partial charge in [0.1, 0.15) is 5.02 Å². The average Bonchev–Trinajstić information content (AvgIpc) is 3.17. The number of alkyl halides is 3. The van der Waals surface area contributed by atoms with Crippen LogP contribution in [0.4, 0.5) is 13.2 Å². The maximum absolute atomic E-state index is 14.4. The van der Waals surface area contributed by atoms with E-state index in [-0.39, 0.29) is 40.1 Å². The second kappa shape index (κ2) is 8.22. The Morgan fingerprint density at radius 2 is 1.89 bits per heavy atom. The second-order valence-corrected chi connectivity index (χ2v) is 10.5. The van der Waals surface area contributed by atoms with Gasteiger partial charge < -0.3 is 4.90 Å². The summed E-state index contributed by atoms with van der Waals surface area (Å²) in [5.41, 5.74) is 0.829. The highest BCUT2D eigenvalue weighted by Gasteiger charge is 2.43. The summed E-state index contributed by atoms with van der Waals surface area (Å²) in [6.45, 7) is 2.79. The van der Waals surface area contributed by atoms with Gasteiger partial charge in [0.05, 0.1) is 5.69 Å². The van der Waals surface area contributed by atoms with Gasteiger partial charge in [0.25, 0.3) is 5.91 Å². The number of nitrogens with zero attached hydrogens (tertiary/aromatic N) is 4. The van der Waals surface area contributed by atoms with Crippen molar-refractivity contribution in [3.05, 3.63) is 51.8 Å². The molecule has 5 nitrogen and oxygen atoms in total. The lowest BCUT2D eigenvalue weighted by molar-refractivity contribution is -0.143. The van der Waals surface area contributed by atoms with E-state index in [4.69, 9.17) is 11.6 Å². The van der Waals surface area contributed by atoms with Crippen LogP contribution in [0.3, 0.4) is 0 Å². The average molecular weight is 503 g/mol. The van der Waals surface area contributed by atoms with Crippen LogP contribution in [0, 0.1) is 11.8 Å². The molecule has 2 aliphatic carbocycles. The summed E-state index contributed by atoms with van der Waals surface area (Å²) >= 11 is 6.61. The van der Waals surface area contributed by atoms with Crippen LogP contribution in [-0.4, -0.2) is 38.0 Å². The van der Waals surface area contributed by atoms with Crippen LogP contribution in [0.2, 0.25) is 5.02 Å². The molecule has 1 saturated heterocycles. The molecule has 1 amide bonds. The zero-order chi connectivity index (χ0) is 24.5. The van der Waals surface area contributed by atoms with Gasteiger partial charge in [-0.3, -0.25) is 4.79 Å². The summed E-state index contributed by atoms with van der Waals surface area (Å²) < 4.78 is 44.0. The predicted molar refractivity (Wildman–Crippen MR) is 126 cm³/mol. The van der Waals surface area contributed by atoms with E-state index in [1.54, 1.807) is 17.0 Å². The fourth-order valence-corrected chi connectivity index (χ4v) is 6.71. The highest BCUT2D eigenvalue weighted by Crippen LogP contribution is 2.43. The van der Waals surface area contributed by atoms with Crippen LogP contribution in [-0.2, 0) is 19.0 Å². The minimum absolute atomic E-state index is 0.0796. The second-order valence-electron chi connectivity index (χ2n) is 10.1. The number of fused-ring (bicyclic) bond motifs is 5. The third-order valence-corrected chi connectivity index (χ3v) is 8.54. The minimum atomic E-state index is -4.68. The number of aromatic nitrogens is 3. The molecule has 0 unspecified atom stereocenters. The highest BCUT2D eigenvalue weighted by molar-refractivity contribution is 6.36. The van der Waals surface area contributed by atoms with Crippen molar-refractivity contribution < 1.29 is 18.0 Å². The monoisotopic (exact) mass is 502 g/mol. The van der Waals surface area contributed by atoms with Gasteiger partial charge >= 0.3 is 6.18 Å². The minimum Gasteiger partial charge on any atom is -0.334 e. The molecule has 0 spiro atoms. The number of aryl methyl sites for hydroxylation is 1. The number of rotatable bonds is 1. The van der Waals surface area contributed by atoms with Crippen molar-refractivity contribution in [1.82, 2.24) is 19.5 Å². The normalized spacial score (nSPS) is 24.1. The van der Waals surface area contributed by atoms with Crippen LogP contribution in [0.5, 0.6) is 0 Å². The molecular weight excluding hydrogens is 477 g/mol. The molecule has 6 rings (SSSR count). The Labute approximate surface area is 206 Å². The molecule has 1 aromatic carbocycles. The van der Waals surface area contributed by atoms with Gasteiger partial charge in [0, 0.05) is 23.7 Å². The Morgan fingerprint density at radius 1 is 1.11 bits per heavy atom. The predicted octanol–water partition coefficient (Wildman–Crippen LogP) is 6.21. The lowest BCUT2D eigenvalue weighted by Crippen LogP contribution is -2.52. The molecule has 0 radical (unpaired) electrons. The number of carbonyl (C=O) groups is 1. The van der Waals surface area contributed by atoms with Crippen molar-refractivity contribution in [3.8, 4) is 11.3 Å². The van der Waals surface area contributed by atoms with Crippen LogP contribution < -0.4 is 0 Å². The molecule has 1 saturated carbocycles. The number of halogens is 4. The van der Waals surface area contributed by atoms with Gasteiger partial charge in [-0.2, -0.15) is 18.3 Å². The van der Waals surface area contributed by atoms with Gasteiger partial charge in [0.2, 0.25) is 0 Å². The third kappa shape index (κ3) is 3.55. The standard InChI is InChI=1S/C26H26ClF3N4O/c1-14-12-13-33(19-9-5-4-7-16(14)19)25(35)22-20(27)24-31-21-17-8-3-2-6-15(17)10-11-18(21)23(26(28,29)30)34(24)32-22/h2-3,6,8,14,16,19H,4-5,7,9-13H2,1H3/t14-,16-,19+/m1/s1. The molecule has 184 valence electrons. The molecule has 3 aliphatic rings. The molecule has 9 heteroatoms. The zero-order valence-electron chi connectivity index (χ0n) is 19.4. The van der Waals surface area contributed by atoms with Crippen molar-refractivity contribution in [2.75, 3.05) is 6.54 Å². The summed E-state index contributed by atoms with van der Waals surface area (Å²) in [5.74, 6) is 0.534. The Hall–Kier alpha value is -2.61. The van der Waals surface area contributed by atoms with Crippen molar-refractivity contribution in [2.45, 2.75) is 64.1 Å². The smallest absolute Gasteiger partial charge is 0.334 e. The van der Waals surface area contributed by atoms with E-state index in [2.05, 4.69) is 17.0 Å². The van der Waals surface area contributed by atoms with Crippen molar-refractivity contribution in [1.29, 1.82) is 0 Å². The van der Waals surface area contributed by atoms with E-state index in [1.807, 2.05) is 12.1 Å².